The fourth-order valence-electron chi connectivity index (χ4n) is 2.76. The van der Waals surface area contributed by atoms with Crippen LogP contribution in [0.2, 0.25) is 5.02 Å². The Hall–Kier alpha value is -2.31. The number of halogens is 2. The number of methoxy groups -OCH3 is 1. The Morgan fingerprint density at radius 1 is 1.27 bits per heavy atom. The Balaban J connectivity index is 1.86. The lowest BCUT2D eigenvalue weighted by molar-refractivity contribution is -0.142. The standard InChI is InChI=1S/C19H16BrClN2O3/c1-26-19(25)17(23-18(24)13-4-2-3-5-15(13)21)8-11-10-22-16-7-6-12(20)9-14(11)16/h2-7,9-10,17,22H,8H2,1H3,(H,23,24)/t17-/m0/s1. The van der Waals surface area contributed by atoms with Gasteiger partial charge in [-0.05, 0) is 35.9 Å². The van der Waals surface area contributed by atoms with Gasteiger partial charge in [-0.2, -0.15) is 0 Å². The van der Waals surface area contributed by atoms with Gasteiger partial charge in [-0.15, -0.1) is 0 Å². The van der Waals surface area contributed by atoms with Crippen LogP contribution in [0.25, 0.3) is 10.9 Å². The van der Waals surface area contributed by atoms with Crippen molar-refractivity contribution >= 4 is 50.3 Å². The fourth-order valence-corrected chi connectivity index (χ4v) is 3.34. The fraction of sp³-hybridized carbons (Fsp3) is 0.158. The lowest BCUT2D eigenvalue weighted by Crippen LogP contribution is -2.43. The van der Waals surface area contributed by atoms with Gasteiger partial charge >= 0.3 is 5.97 Å². The van der Waals surface area contributed by atoms with E-state index in [1.54, 1.807) is 24.3 Å². The van der Waals surface area contributed by atoms with E-state index >= 15 is 0 Å². The van der Waals surface area contributed by atoms with Crippen molar-refractivity contribution < 1.29 is 14.3 Å². The molecule has 0 saturated heterocycles. The molecular formula is C19H16BrClN2O3. The highest BCUT2D eigenvalue weighted by Gasteiger charge is 2.24. The summed E-state index contributed by atoms with van der Waals surface area (Å²) in [6.07, 6.45) is 2.12. The summed E-state index contributed by atoms with van der Waals surface area (Å²) in [5.74, 6) is -0.943. The Morgan fingerprint density at radius 3 is 2.77 bits per heavy atom. The molecule has 2 N–H and O–H groups in total. The lowest BCUT2D eigenvalue weighted by Gasteiger charge is -2.17. The van der Waals surface area contributed by atoms with E-state index in [1.807, 2.05) is 24.4 Å². The van der Waals surface area contributed by atoms with Crippen LogP contribution in [0, 0.1) is 0 Å². The zero-order valence-electron chi connectivity index (χ0n) is 13.9. The van der Waals surface area contributed by atoms with Crippen LogP contribution in [0.4, 0.5) is 0 Å². The maximum atomic E-state index is 12.5. The second-order valence-corrected chi connectivity index (χ2v) is 7.06. The van der Waals surface area contributed by atoms with E-state index in [-0.39, 0.29) is 0 Å². The summed E-state index contributed by atoms with van der Waals surface area (Å²) in [6, 6.07) is 11.7. The van der Waals surface area contributed by atoms with Crippen molar-refractivity contribution in [2.75, 3.05) is 7.11 Å². The quantitative estimate of drug-likeness (QED) is 0.593. The van der Waals surface area contributed by atoms with Crippen LogP contribution in [0.3, 0.4) is 0 Å². The number of amides is 1. The highest BCUT2D eigenvalue weighted by atomic mass is 79.9. The summed E-state index contributed by atoms with van der Waals surface area (Å²) in [5.41, 5.74) is 2.16. The van der Waals surface area contributed by atoms with Crippen LogP contribution in [0.1, 0.15) is 15.9 Å². The average molecular weight is 436 g/mol. The Labute approximate surface area is 163 Å². The van der Waals surface area contributed by atoms with Crippen LogP contribution in [0.15, 0.2) is 53.1 Å². The maximum Gasteiger partial charge on any atom is 0.328 e. The number of rotatable bonds is 5. The summed E-state index contributed by atoms with van der Waals surface area (Å²) < 4.78 is 5.79. The topological polar surface area (TPSA) is 71.2 Å². The van der Waals surface area contributed by atoms with Gasteiger partial charge < -0.3 is 15.0 Å². The molecule has 0 spiro atoms. The van der Waals surface area contributed by atoms with Crippen LogP contribution in [0.5, 0.6) is 0 Å². The van der Waals surface area contributed by atoms with Gasteiger partial charge in [-0.25, -0.2) is 4.79 Å². The minimum Gasteiger partial charge on any atom is -0.467 e. The number of hydrogen-bond acceptors (Lipinski definition) is 3. The van der Waals surface area contributed by atoms with Crippen molar-refractivity contribution in [1.82, 2.24) is 10.3 Å². The van der Waals surface area contributed by atoms with Crippen molar-refractivity contribution in [1.29, 1.82) is 0 Å². The molecule has 0 fully saturated rings. The zero-order valence-corrected chi connectivity index (χ0v) is 16.2. The molecule has 0 aliphatic carbocycles. The van der Waals surface area contributed by atoms with E-state index in [0.29, 0.717) is 17.0 Å². The van der Waals surface area contributed by atoms with E-state index in [9.17, 15) is 9.59 Å². The van der Waals surface area contributed by atoms with E-state index in [4.69, 9.17) is 16.3 Å². The van der Waals surface area contributed by atoms with Gasteiger partial charge in [-0.1, -0.05) is 39.7 Å². The molecule has 5 nitrogen and oxygen atoms in total. The molecule has 1 amide bonds. The number of carbonyl (C=O) groups excluding carboxylic acids is 2. The molecule has 0 bridgehead atoms. The van der Waals surface area contributed by atoms with Crippen molar-refractivity contribution in [2.24, 2.45) is 0 Å². The first-order chi connectivity index (χ1) is 12.5. The molecular weight excluding hydrogens is 420 g/mol. The van der Waals surface area contributed by atoms with Gasteiger partial charge in [0.2, 0.25) is 0 Å². The molecule has 0 saturated carbocycles. The number of aromatic nitrogens is 1. The molecule has 7 heteroatoms. The Morgan fingerprint density at radius 2 is 2.04 bits per heavy atom. The highest BCUT2D eigenvalue weighted by Crippen LogP contribution is 2.24. The predicted molar refractivity (Wildman–Crippen MR) is 104 cm³/mol. The Kier molecular flexibility index (Phi) is 5.64. The third kappa shape index (κ3) is 3.92. The lowest BCUT2D eigenvalue weighted by atomic mass is 10.0. The summed E-state index contributed by atoms with van der Waals surface area (Å²) in [4.78, 5) is 27.9. The number of hydrogen-bond donors (Lipinski definition) is 2. The average Bonchev–Trinajstić information content (AvgIpc) is 3.02. The number of esters is 1. The van der Waals surface area contributed by atoms with Gasteiger partial charge in [0.25, 0.3) is 5.91 Å². The highest BCUT2D eigenvalue weighted by molar-refractivity contribution is 9.10. The number of carbonyl (C=O) groups is 2. The number of aromatic amines is 1. The summed E-state index contributed by atoms with van der Waals surface area (Å²) in [5, 5.41) is 4.02. The molecule has 1 atom stereocenters. The number of benzene rings is 2. The third-order valence-corrected chi connectivity index (χ3v) is 4.89. The number of ether oxygens (including phenoxy) is 1. The molecule has 0 aliphatic rings. The monoisotopic (exact) mass is 434 g/mol. The van der Waals surface area contributed by atoms with E-state index in [2.05, 4.69) is 26.2 Å². The van der Waals surface area contributed by atoms with E-state index in [1.165, 1.54) is 7.11 Å². The molecule has 1 heterocycles. The normalized spacial score (nSPS) is 12.0. The van der Waals surface area contributed by atoms with Crippen LogP contribution in [-0.2, 0) is 16.0 Å². The number of nitrogens with one attached hydrogen (secondary N) is 2. The van der Waals surface area contributed by atoms with E-state index in [0.717, 1.165) is 20.9 Å². The van der Waals surface area contributed by atoms with Gasteiger partial charge in [0.1, 0.15) is 6.04 Å². The largest absolute Gasteiger partial charge is 0.467 e. The molecule has 134 valence electrons. The first-order valence-electron chi connectivity index (χ1n) is 7.88. The van der Waals surface area contributed by atoms with Crippen LogP contribution >= 0.6 is 27.5 Å². The molecule has 3 aromatic rings. The summed E-state index contributed by atoms with van der Waals surface area (Å²) in [7, 11) is 1.29. The minimum absolute atomic E-state index is 0.291. The third-order valence-electron chi connectivity index (χ3n) is 4.06. The van der Waals surface area contributed by atoms with Crippen molar-refractivity contribution in [3.63, 3.8) is 0 Å². The number of H-pyrrole nitrogens is 1. The van der Waals surface area contributed by atoms with Crippen molar-refractivity contribution in [3.8, 4) is 0 Å². The smallest absolute Gasteiger partial charge is 0.328 e. The summed E-state index contributed by atoms with van der Waals surface area (Å²) in [6.45, 7) is 0. The first kappa shape index (κ1) is 18.5. The van der Waals surface area contributed by atoms with Gasteiger partial charge in [0, 0.05) is 28.0 Å². The molecule has 2 aromatic carbocycles. The SMILES string of the molecule is COC(=O)[C@H](Cc1c[nH]c2ccc(Br)cc12)NC(=O)c1ccccc1Cl. The van der Waals surface area contributed by atoms with Gasteiger partial charge in [0.05, 0.1) is 17.7 Å². The van der Waals surface area contributed by atoms with E-state index < -0.39 is 17.9 Å². The molecule has 0 unspecified atom stereocenters. The molecule has 3 rings (SSSR count). The molecule has 0 aliphatic heterocycles. The second-order valence-electron chi connectivity index (χ2n) is 5.74. The van der Waals surface area contributed by atoms with Crippen LogP contribution < -0.4 is 5.32 Å². The minimum atomic E-state index is -0.832. The van der Waals surface area contributed by atoms with Gasteiger partial charge in [0.15, 0.2) is 0 Å². The second kappa shape index (κ2) is 7.93. The summed E-state index contributed by atoms with van der Waals surface area (Å²) >= 11 is 9.52. The molecule has 26 heavy (non-hydrogen) atoms. The van der Waals surface area contributed by atoms with Crippen molar-refractivity contribution in [3.05, 3.63) is 69.3 Å². The predicted octanol–water partition coefficient (Wildman–Crippen LogP) is 4.10. The van der Waals surface area contributed by atoms with Crippen molar-refractivity contribution in [2.45, 2.75) is 12.5 Å². The first-order valence-corrected chi connectivity index (χ1v) is 9.05. The Bertz CT molecular complexity index is 970. The zero-order chi connectivity index (χ0) is 18.7. The van der Waals surface area contributed by atoms with Crippen LogP contribution in [-0.4, -0.2) is 30.0 Å². The van der Waals surface area contributed by atoms with Gasteiger partial charge in [-0.3, -0.25) is 4.79 Å². The number of fused-ring (bicyclic) bond motifs is 1. The maximum absolute atomic E-state index is 12.5. The molecule has 1 aromatic heterocycles. The molecule has 0 radical (unpaired) electrons.